The monoisotopic (exact) mass is 442 g/mol. The molecule has 1 aromatic carbocycles. The first kappa shape index (κ1) is 21.6. The first-order chi connectivity index (χ1) is 15.3. The van der Waals surface area contributed by atoms with Gasteiger partial charge >= 0.3 is 0 Å². The lowest BCUT2D eigenvalue weighted by Gasteiger charge is -2.23. The molecule has 0 atom stereocenters. The van der Waals surface area contributed by atoms with E-state index in [0.29, 0.717) is 48.8 Å². The minimum absolute atomic E-state index is 0.0621. The van der Waals surface area contributed by atoms with Crippen LogP contribution in [0.1, 0.15) is 46.3 Å². The van der Waals surface area contributed by atoms with Crippen LogP contribution >= 0.6 is 0 Å². The number of benzene rings is 1. The van der Waals surface area contributed by atoms with Crippen LogP contribution in [0, 0.1) is 12.7 Å². The van der Waals surface area contributed by atoms with Crippen molar-refractivity contribution in [1.82, 2.24) is 29.9 Å². The van der Waals surface area contributed by atoms with Gasteiger partial charge in [-0.15, -0.1) is 5.10 Å². The van der Waals surface area contributed by atoms with Gasteiger partial charge in [0.15, 0.2) is 5.69 Å². The number of nitrogens with zero attached hydrogens (tertiary/aromatic N) is 5. The molecule has 3 aromatic rings. The van der Waals surface area contributed by atoms with Crippen molar-refractivity contribution in [3.8, 4) is 11.4 Å². The number of aromatic hydroxyl groups is 1. The Labute approximate surface area is 182 Å². The first-order valence-corrected chi connectivity index (χ1v) is 10.2. The number of carbonyl (C=O) groups excluding carboxylic acids is 1. The summed E-state index contributed by atoms with van der Waals surface area (Å²) in [6, 6.07) is 4.14. The molecule has 1 aliphatic heterocycles. The Hall–Kier alpha value is -3.60. The number of aromatic nitrogens is 5. The highest BCUT2D eigenvalue weighted by atomic mass is 19.1. The van der Waals surface area contributed by atoms with Gasteiger partial charge in [0, 0.05) is 32.7 Å². The van der Waals surface area contributed by atoms with E-state index in [-0.39, 0.29) is 18.2 Å². The summed E-state index contributed by atoms with van der Waals surface area (Å²) in [5, 5.41) is 18.0. The van der Waals surface area contributed by atoms with Crippen LogP contribution < -0.4 is 5.56 Å². The molecular weight excluding hydrogens is 419 g/mol. The molecule has 2 N–H and O–H groups in total. The molecule has 3 heterocycles. The average molecular weight is 442 g/mol. The van der Waals surface area contributed by atoms with Crippen LogP contribution in [0.3, 0.4) is 0 Å². The third-order valence-corrected chi connectivity index (χ3v) is 5.47. The molecule has 1 saturated heterocycles. The van der Waals surface area contributed by atoms with Crippen LogP contribution in [0.2, 0.25) is 0 Å². The van der Waals surface area contributed by atoms with E-state index < -0.39 is 23.0 Å². The van der Waals surface area contributed by atoms with E-state index in [4.69, 9.17) is 4.74 Å². The summed E-state index contributed by atoms with van der Waals surface area (Å²) in [4.78, 5) is 33.5. The van der Waals surface area contributed by atoms with E-state index in [2.05, 4.69) is 20.3 Å². The summed E-state index contributed by atoms with van der Waals surface area (Å²) in [5.74, 6) is -1.53. The van der Waals surface area contributed by atoms with E-state index >= 15 is 0 Å². The number of aryl methyl sites for hydroxylation is 1. The first-order valence-electron chi connectivity index (χ1n) is 10.2. The molecule has 0 spiro atoms. The number of H-pyrrole nitrogens is 1. The topological polar surface area (TPSA) is 126 Å². The zero-order valence-corrected chi connectivity index (χ0v) is 17.7. The average Bonchev–Trinajstić information content (AvgIpc) is 3.22. The van der Waals surface area contributed by atoms with Crippen LogP contribution in [0.15, 0.2) is 29.2 Å². The molecule has 0 aliphatic carbocycles. The summed E-state index contributed by atoms with van der Waals surface area (Å²) in [7, 11) is 1.51. The number of rotatable bonds is 5. The largest absolute Gasteiger partial charge is 0.501 e. The smallest absolute Gasteiger partial charge is 0.293 e. The van der Waals surface area contributed by atoms with Crippen LogP contribution in [0.25, 0.3) is 5.69 Å². The van der Waals surface area contributed by atoms with Gasteiger partial charge in [0.05, 0.1) is 17.6 Å². The van der Waals surface area contributed by atoms with Gasteiger partial charge in [-0.2, -0.15) is 0 Å². The summed E-state index contributed by atoms with van der Waals surface area (Å²) < 4.78 is 20.7. The molecule has 0 radical (unpaired) electrons. The van der Waals surface area contributed by atoms with Crippen molar-refractivity contribution in [2.75, 3.05) is 20.3 Å². The lowest BCUT2D eigenvalue weighted by Crippen LogP contribution is -2.30. The second-order valence-corrected chi connectivity index (χ2v) is 7.76. The minimum Gasteiger partial charge on any atom is -0.501 e. The van der Waals surface area contributed by atoms with Gasteiger partial charge in [-0.05, 0) is 37.5 Å². The van der Waals surface area contributed by atoms with Gasteiger partial charge in [0.25, 0.3) is 11.5 Å². The fraction of sp³-hybridized carbons (Fsp3) is 0.381. The zero-order chi connectivity index (χ0) is 22.8. The molecule has 11 heteroatoms. The number of amides is 1. The fourth-order valence-electron chi connectivity index (χ4n) is 3.70. The standard InChI is InChI=1S/C21H23FN6O4/c1-12-10-23-26-28(12)16-9-15(22)4-3-14(16)11-27(2)21(31)17-18(29)20(30)25-19(24-17)13-5-7-32-8-6-13/h3-4,9-10,13,29H,5-8,11H2,1-2H3,(H,24,25,30). The normalized spacial score (nSPS) is 14.5. The molecule has 32 heavy (non-hydrogen) atoms. The predicted octanol–water partition coefficient (Wildman–Crippen LogP) is 1.67. The van der Waals surface area contributed by atoms with Crippen molar-refractivity contribution in [2.45, 2.75) is 32.2 Å². The van der Waals surface area contributed by atoms with E-state index in [1.54, 1.807) is 19.2 Å². The zero-order valence-electron chi connectivity index (χ0n) is 17.7. The van der Waals surface area contributed by atoms with Crippen molar-refractivity contribution < 1.29 is 19.0 Å². The molecular formula is C21H23FN6O4. The summed E-state index contributed by atoms with van der Waals surface area (Å²) in [6.07, 6.45) is 2.86. The van der Waals surface area contributed by atoms with Crippen molar-refractivity contribution in [1.29, 1.82) is 0 Å². The molecule has 1 fully saturated rings. The maximum atomic E-state index is 13.9. The van der Waals surface area contributed by atoms with Crippen LogP contribution in [0.4, 0.5) is 4.39 Å². The maximum Gasteiger partial charge on any atom is 0.293 e. The molecule has 168 valence electrons. The third kappa shape index (κ3) is 4.24. The molecule has 0 saturated carbocycles. The highest BCUT2D eigenvalue weighted by Gasteiger charge is 2.26. The number of halogens is 1. The van der Waals surface area contributed by atoms with Gasteiger partial charge in [-0.25, -0.2) is 14.1 Å². The van der Waals surface area contributed by atoms with Crippen molar-refractivity contribution in [3.05, 3.63) is 63.3 Å². The number of hydrogen-bond donors (Lipinski definition) is 2. The minimum atomic E-state index is -0.765. The lowest BCUT2D eigenvalue weighted by atomic mass is 9.99. The number of carbonyl (C=O) groups is 1. The van der Waals surface area contributed by atoms with E-state index in [1.807, 2.05) is 0 Å². The predicted molar refractivity (Wildman–Crippen MR) is 111 cm³/mol. The molecule has 1 aliphatic rings. The third-order valence-electron chi connectivity index (χ3n) is 5.47. The van der Waals surface area contributed by atoms with Crippen molar-refractivity contribution in [3.63, 3.8) is 0 Å². The quantitative estimate of drug-likeness (QED) is 0.615. The second-order valence-electron chi connectivity index (χ2n) is 7.76. The Balaban J connectivity index is 1.64. The van der Waals surface area contributed by atoms with Crippen molar-refractivity contribution >= 4 is 5.91 Å². The van der Waals surface area contributed by atoms with Crippen LogP contribution in [0.5, 0.6) is 5.75 Å². The molecule has 10 nitrogen and oxygen atoms in total. The van der Waals surface area contributed by atoms with Gasteiger partial charge < -0.3 is 19.7 Å². The van der Waals surface area contributed by atoms with E-state index in [1.165, 1.54) is 28.8 Å². The summed E-state index contributed by atoms with van der Waals surface area (Å²) in [5.41, 5.74) is 0.647. The highest BCUT2D eigenvalue weighted by molar-refractivity contribution is 5.94. The van der Waals surface area contributed by atoms with Gasteiger partial charge in [0.2, 0.25) is 5.75 Å². The molecule has 1 amide bonds. The van der Waals surface area contributed by atoms with Crippen molar-refractivity contribution in [2.24, 2.45) is 0 Å². The number of aromatic amines is 1. The fourth-order valence-corrected chi connectivity index (χ4v) is 3.70. The van der Waals surface area contributed by atoms with Gasteiger partial charge in [-0.3, -0.25) is 9.59 Å². The molecule has 2 aromatic heterocycles. The van der Waals surface area contributed by atoms with Crippen LogP contribution in [-0.4, -0.2) is 61.1 Å². The van der Waals surface area contributed by atoms with E-state index in [0.717, 1.165) is 0 Å². The molecule has 4 rings (SSSR count). The van der Waals surface area contributed by atoms with Crippen LogP contribution in [-0.2, 0) is 11.3 Å². The Bertz CT molecular complexity index is 1200. The Morgan fingerprint density at radius 3 is 2.81 bits per heavy atom. The molecule has 0 bridgehead atoms. The van der Waals surface area contributed by atoms with Gasteiger partial charge in [-0.1, -0.05) is 11.3 Å². The maximum absolute atomic E-state index is 13.9. The lowest BCUT2D eigenvalue weighted by molar-refractivity contribution is 0.0770. The SMILES string of the molecule is Cc1cnnn1-c1cc(F)ccc1CN(C)C(=O)c1nc(C2CCOCC2)[nH]c(=O)c1O. The molecule has 0 unspecified atom stereocenters. The second kappa shape index (κ2) is 8.87. The van der Waals surface area contributed by atoms with E-state index in [9.17, 15) is 19.1 Å². The van der Waals surface area contributed by atoms with Gasteiger partial charge in [0.1, 0.15) is 11.6 Å². The highest BCUT2D eigenvalue weighted by Crippen LogP contribution is 2.25. The number of ether oxygens (including phenoxy) is 1. The summed E-state index contributed by atoms with van der Waals surface area (Å²) in [6.45, 7) is 2.91. The Morgan fingerprint density at radius 2 is 2.12 bits per heavy atom. The number of hydrogen-bond acceptors (Lipinski definition) is 7. The Morgan fingerprint density at radius 1 is 1.38 bits per heavy atom. The summed E-state index contributed by atoms with van der Waals surface area (Å²) >= 11 is 0. The Kier molecular flexibility index (Phi) is 5.99. The number of nitrogens with one attached hydrogen (secondary N) is 1.